The second-order valence-electron chi connectivity index (χ2n) is 5.91. The SMILES string of the molecule is O=C(Nc1cccnc1-n1cncn1)c1ccc(-c2cccc(C(F)(F)F)c2)o1. The first-order valence-corrected chi connectivity index (χ1v) is 8.30. The van der Waals surface area contributed by atoms with E-state index in [2.05, 4.69) is 20.4 Å². The van der Waals surface area contributed by atoms with Gasteiger partial charge < -0.3 is 9.73 Å². The number of benzene rings is 1. The second-order valence-corrected chi connectivity index (χ2v) is 5.91. The van der Waals surface area contributed by atoms with Crippen molar-refractivity contribution in [1.82, 2.24) is 19.7 Å². The number of hydrogen-bond acceptors (Lipinski definition) is 5. The van der Waals surface area contributed by atoms with Gasteiger partial charge in [-0.2, -0.15) is 18.3 Å². The molecule has 29 heavy (non-hydrogen) atoms. The van der Waals surface area contributed by atoms with Crippen LogP contribution in [0.5, 0.6) is 0 Å². The van der Waals surface area contributed by atoms with Crippen molar-refractivity contribution in [3.05, 3.63) is 78.7 Å². The molecular weight excluding hydrogens is 387 g/mol. The lowest BCUT2D eigenvalue weighted by Gasteiger charge is -2.08. The first kappa shape index (κ1) is 18.4. The van der Waals surface area contributed by atoms with Gasteiger partial charge in [-0.25, -0.2) is 14.6 Å². The molecule has 4 aromatic rings. The Morgan fingerprint density at radius 2 is 1.97 bits per heavy atom. The third-order valence-electron chi connectivity index (χ3n) is 3.97. The van der Waals surface area contributed by atoms with E-state index in [9.17, 15) is 18.0 Å². The van der Waals surface area contributed by atoms with Gasteiger partial charge in [0.05, 0.1) is 11.3 Å². The quantitative estimate of drug-likeness (QED) is 0.556. The molecule has 3 heterocycles. The number of alkyl halides is 3. The molecule has 0 bridgehead atoms. The molecule has 0 fully saturated rings. The Morgan fingerprint density at radius 1 is 1.10 bits per heavy atom. The molecule has 0 atom stereocenters. The average Bonchev–Trinajstić information content (AvgIpc) is 3.40. The third-order valence-corrected chi connectivity index (χ3v) is 3.97. The number of rotatable bonds is 4. The monoisotopic (exact) mass is 399 g/mol. The summed E-state index contributed by atoms with van der Waals surface area (Å²) in [6.07, 6.45) is -0.184. The first-order chi connectivity index (χ1) is 13.9. The number of carbonyl (C=O) groups excluding carboxylic acids is 1. The first-order valence-electron chi connectivity index (χ1n) is 8.30. The van der Waals surface area contributed by atoms with E-state index in [0.29, 0.717) is 11.5 Å². The van der Waals surface area contributed by atoms with Crippen molar-refractivity contribution < 1.29 is 22.4 Å². The molecule has 0 spiro atoms. The fourth-order valence-electron chi connectivity index (χ4n) is 2.64. The second kappa shape index (κ2) is 7.23. The summed E-state index contributed by atoms with van der Waals surface area (Å²) in [5.74, 6) is -0.157. The molecule has 10 heteroatoms. The van der Waals surface area contributed by atoms with Gasteiger partial charge in [-0.3, -0.25) is 4.79 Å². The highest BCUT2D eigenvalue weighted by Gasteiger charge is 2.30. The average molecular weight is 399 g/mol. The molecule has 0 aliphatic rings. The van der Waals surface area contributed by atoms with Gasteiger partial charge in [0.1, 0.15) is 18.4 Å². The molecule has 3 aromatic heterocycles. The molecule has 1 N–H and O–H groups in total. The number of furan rings is 1. The summed E-state index contributed by atoms with van der Waals surface area (Å²) in [5.41, 5.74) is -0.228. The van der Waals surface area contributed by atoms with E-state index >= 15 is 0 Å². The van der Waals surface area contributed by atoms with Crippen molar-refractivity contribution in [3.63, 3.8) is 0 Å². The van der Waals surface area contributed by atoms with Crippen molar-refractivity contribution >= 4 is 11.6 Å². The van der Waals surface area contributed by atoms with Crippen LogP contribution in [0.4, 0.5) is 18.9 Å². The van der Waals surface area contributed by atoms with E-state index in [0.717, 1.165) is 12.1 Å². The molecule has 0 radical (unpaired) electrons. The topological polar surface area (TPSA) is 85.8 Å². The lowest BCUT2D eigenvalue weighted by Crippen LogP contribution is -2.14. The van der Waals surface area contributed by atoms with E-state index in [1.807, 2.05) is 0 Å². The normalized spacial score (nSPS) is 11.4. The molecule has 0 saturated carbocycles. The predicted molar refractivity (Wildman–Crippen MR) is 96.3 cm³/mol. The van der Waals surface area contributed by atoms with E-state index in [1.54, 1.807) is 12.1 Å². The maximum absolute atomic E-state index is 12.9. The van der Waals surface area contributed by atoms with Gasteiger partial charge >= 0.3 is 6.18 Å². The van der Waals surface area contributed by atoms with E-state index in [4.69, 9.17) is 4.42 Å². The molecule has 0 unspecified atom stereocenters. The number of nitrogens with zero attached hydrogens (tertiary/aromatic N) is 4. The minimum atomic E-state index is -4.47. The summed E-state index contributed by atoms with van der Waals surface area (Å²) in [6.45, 7) is 0. The molecule has 1 aromatic carbocycles. The van der Waals surface area contributed by atoms with Gasteiger partial charge in [0, 0.05) is 11.8 Å². The maximum Gasteiger partial charge on any atom is 0.416 e. The van der Waals surface area contributed by atoms with Crippen LogP contribution in [0.3, 0.4) is 0 Å². The number of pyridine rings is 1. The van der Waals surface area contributed by atoms with Crippen molar-refractivity contribution in [2.45, 2.75) is 6.18 Å². The number of carbonyl (C=O) groups is 1. The fourth-order valence-corrected chi connectivity index (χ4v) is 2.64. The highest BCUT2D eigenvalue weighted by molar-refractivity contribution is 6.03. The Labute approximate surface area is 161 Å². The van der Waals surface area contributed by atoms with Crippen LogP contribution < -0.4 is 5.32 Å². The number of amides is 1. The molecule has 4 rings (SSSR count). The summed E-state index contributed by atoms with van der Waals surface area (Å²) in [6, 6.07) is 10.8. The number of halogens is 3. The Balaban J connectivity index is 1.58. The van der Waals surface area contributed by atoms with Crippen LogP contribution >= 0.6 is 0 Å². The molecule has 0 saturated heterocycles. The lowest BCUT2D eigenvalue weighted by molar-refractivity contribution is -0.137. The molecule has 0 aliphatic heterocycles. The number of nitrogens with one attached hydrogen (secondary N) is 1. The molecular formula is C19H12F3N5O2. The van der Waals surface area contributed by atoms with Crippen LogP contribution in [0.2, 0.25) is 0 Å². The summed E-state index contributed by atoms with van der Waals surface area (Å²) in [4.78, 5) is 20.5. The minimum absolute atomic E-state index is 0.0641. The van der Waals surface area contributed by atoms with Gasteiger partial charge in [0.15, 0.2) is 11.6 Å². The van der Waals surface area contributed by atoms with Crippen molar-refractivity contribution in [2.75, 3.05) is 5.32 Å². The van der Waals surface area contributed by atoms with E-state index < -0.39 is 17.6 Å². The minimum Gasteiger partial charge on any atom is -0.451 e. The summed E-state index contributed by atoms with van der Waals surface area (Å²) < 4.78 is 45.6. The van der Waals surface area contributed by atoms with Gasteiger partial charge in [-0.05, 0) is 36.4 Å². The highest BCUT2D eigenvalue weighted by Crippen LogP contribution is 2.32. The Hall–Kier alpha value is -3.95. The Kier molecular flexibility index (Phi) is 4.59. The fraction of sp³-hybridized carbons (Fsp3) is 0.0526. The molecule has 7 nitrogen and oxygen atoms in total. The molecule has 1 amide bonds. The van der Waals surface area contributed by atoms with Crippen LogP contribution in [0.15, 0.2) is 71.8 Å². The van der Waals surface area contributed by atoms with Crippen molar-refractivity contribution in [3.8, 4) is 17.1 Å². The van der Waals surface area contributed by atoms with E-state index in [-0.39, 0.29) is 17.1 Å². The predicted octanol–water partition coefficient (Wildman–Crippen LogP) is 4.19. The van der Waals surface area contributed by atoms with Gasteiger partial charge in [0.25, 0.3) is 5.91 Å². The van der Waals surface area contributed by atoms with Crippen LogP contribution in [0, 0.1) is 0 Å². The van der Waals surface area contributed by atoms with Gasteiger partial charge in [-0.1, -0.05) is 12.1 Å². The van der Waals surface area contributed by atoms with Gasteiger partial charge in [0.2, 0.25) is 0 Å². The number of hydrogen-bond donors (Lipinski definition) is 1. The molecule has 146 valence electrons. The van der Waals surface area contributed by atoms with Crippen molar-refractivity contribution in [2.24, 2.45) is 0 Å². The van der Waals surface area contributed by atoms with Crippen LogP contribution in [-0.2, 0) is 6.18 Å². The summed E-state index contributed by atoms with van der Waals surface area (Å²) in [7, 11) is 0. The third kappa shape index (κ3) is 3.86. The number of aromatic nitrogens is 4. The maximum atomic E-state index is 12.9. The lowest BCUT2D eigenvalue weighted by atomic mass is 10.1. The van der Waals surface area contributed by atoms with Crippen LogP contribution in [0.25, 0.3) is 17.1 Å². The Morgan fingerprint density at radius 3 is 2.72 bits per heavy atom. The van der Waals surface area contributed by atoms with Crippen molar-refractivity contribution in [1.29, 1.82) is 0 Å². The Bertz CT molecular complexity index is 1150. The van der Waals surface area contributed by atoms with E-state index in [1.165, 1.54) is 47.8 Å². The standard InChI is InChI=1S/C19H12F3N5O2/c20-19(21,22)13-4-1-3-12(9-13)15-6-7-16(29-15)18(28)26-14-5-2-8-24-17(14)27-11-23-10-25-27/h1-11H,(H,26,28). The molecule has 0 aliphatic carbocycles. The van der Waals surface area contributed by atoms with Crippen LogP contribution in [-0.4, -0.2) is 25.7 Å². The zero-order valence-electron chi connectivity index (χ0n) is 14.6. The largest absolute Gasteiger partial charge is 0.451 e. The zero-order valence-corrected chi connectivity index (χ0v) is 14.6. The number of anilines is 1. The summed E-state index contributed by atoms with van der Waals surface area (Å²) in [5, 5.41) is 6.63. The summed E-state index contributed by atoms with van der Waals surface area (Å²) >= 11 is 0. The smallest absolute Gasteiger partial charge is 0.416 e. The van der Waals surface area contributed by atoms with Gasteiger partial charge in [-0.15, -0.1) is 0 Å². The van der Waals surface area contributed by atoms with Crippen LogP contribution in [0.1, 0.15) is 16.1 Å². The highest BCUT2D eigenvalue weighted by atomic mass is 19.4. The zero-order chi connectivity index (χ0) is 20.4.